The Kier molecular flexibility index (Phi) is 8.61. The molecule has 176 valence electrons. The highest BCUT2D eigenvalue weighted by Crippen LogP contribution is 2.22. The number of thioether (sulfide) groups is 1. The first-order chi connectivity index (χ1) is 16.3. The molecule has 0 N–H and O–H groups in total. The second-order valence-corrected chi connectivity index (χ2v) is 9.96. The molecule has 12 heteroatoms. The van der Waals surface area contributed by atoms with Gasteiger partial charge in [0.05, 0.1) is 9.82 Å². The van der Waals surface area contributed by atoms with Gasteiger partial charge in [0.2, 0.25) is 5.82 Å². The summed E-state index contributed by atoms with van der Waals surface area (Å²) in [6, 6.07) is 19.6. The van der Waals surface area contributed by atoms with Crippen LogP contribution in [0.15, 0.2) is 87.1 Å². The topological polar surface area (TPSA) is 129 Å². The number of halogens is 1. The molecule has 0 radical (unpaired) electrons. The van der Waals surface area contributed by atoms with E-state index in [1.807, 2.05) is 35.2 Å². The Bertz CT molecular complexity index is 1300. The maximum absolute atomic E-state index is 13.7. The average Bonchev–Trinajstić information content (AvgIpc) is 2.81. The average molecular weight is 502 g/mol. The number of hydrogen-bond acceptors (Lipinski definition) is 6. The third-order valence-corrected chi connectivity index (χ3v) is 6.95. The zero-order chi connectivity index (χ0) is 24.6. The van der Waals surface area contributed by atoms with Crippen LogP contribution in [0.1, 0.15) is 11.1 Å². The SMILES string of the molecule is [N-]=[N+]=NS(=O)(=O)c1ccc(CN(CCSc2ccccc2)Cc2ccc(F)c([N+](=O)[O-])c2)cc1. The van der Waals surface area contributed by atoms with Crippen molar-refractivity contribution in [2.75, 3.05) is 12.3 Å². The summed E-state index contributed by atoms with van der Waals surface area (Å²) in [7, 11) is -4.07. The fraction of sp³-hybridized carbons (Fsp3) is 0.182. The Morgan fingerprint density at radius 1 is 1.03 bits per heavy atom. The zero-order valence-corrected chi connectivity index (χ0v) is 19.5. The molecular weight excluding hydrogens is 481 g/mol. The van der Waals surface area contributed by atoms with Crippen molar-refractivity contribution in [1.29, 1.82) is 0 Å². The number of nitro groups is 1. The van der Waals surface area contributed by atoms with Crippen molar-refractivity contribution in [3.63, 3.8) is 0 Å². The van der Waals surface area contributed by atoms with Crippen LogP contribution in [0.25, 0.3) is 10.4 Å². The van der Waals surface area contributed by atoms with E-state index in [1.54, 1.807) is 23.9 Å². The summed E-state index contributed by atoms with van der Waals surface area (Å²) in [5, 5.41) is 11.1. The summed E-state index contributed by atoms with van der Waals surface area (Å²) in [4.78, 5) is 15.7. The van der Waals surface area contributed by atoms with Crippen molar-refractivity contribution in [2.45, 2.75) is 22.9 Å². The van der Waals surface area contributed by atoms with Crippen LogP contribution in [0, 0.1) is 15.9 Å². The summed E-state index contributed by atoms with van der Waals surface area (Å²) < 4.78 is 40.3. The highest BCUT2D eigenvalue weighted by Gasteiger charge is 2.17. The molecule has 0 spiro atoms. The predicted octanol–water partition coefficient (Wildman–Crippen LogP) is 5.53. The maximum atomic E-state index is 13.7. The second kappa shape index (κ2) is 11.6. The molecule has 0 bridgehead atoms. The van der Waals surface area contributed by atoms with Crippen molar-refractivity contribution < 1.29 is 17.7 Å². The van der Waals surface area contributed by atoms with Gasteiger partial charge in [-0.3, -0.25) is 15.0 Å². The largest absolute Gasteiger partial charge is 0.305 e. The molecule has 0 unspecified atom stereocenters. The third kappa shape index (κ3) is 7.03. The van der Waals surface area contributed by atoms with Gasteiger partial charge in [0.15, 0.2) is 0 Å². The Hall–Kier alpha value is -3.44. The Labute approximate surface area is 200 Å². The van der Waals surface area contributed by atoms with Gasteiger partial charge in [0.1, 0.15) is 0 Å². The van der Waals surface area contributed by atoms with E-state index in [-0.39, 0.29) is 4.90 Å². The molecule has 0 saturated heterocycles. The molecule has 0 aromatic heterocycles. The van der Waals surface area contributed by atoms with Gasteiger partial charge in [-0.15, -0.1) is 11.8 Å². The minimum atomic E-state index is -4.07. The van der Waals surface area contributed by atoms with Gasteiger partial charge in [-0.2, -0.15) is 4.39 Å². The van der Waals surface area contributed by atoms with Gasteiger partial charge in [-0.1, -0.05) is 36.4 Å². The van der Waals surface area contributed by atoms with Crippen LogP contribution in [0.3, 0.4) is 0 Å². The minimum absolute atomic E-state index is 0.116. The van der Waals surface area contributed by atoms with Crippen LogP contribution in [-0.2, 0) is 23.1 Å². The number of hydrogen-bond donors (Lipinski definition) is 0. The molecule has 0 aliphatic rings. The molecule has 0 amide bonds. The lowest BCUT2D eigenvalue weighted by Crippen LogP contribution is -2.25. The van der Waals surface area contributed by atoms with Crippen molar-refractivity contribution >= 4 is 27.5 Å². The fourth-order valence-corrected chi connectivity index (χ4v) is 4.80. The maximum Gasteiger partial charge on any atom is 0.305 e. The van der Waals surface area contributed by atoms with Crippen LogP contribution in [0.5, 0.6) is 0 Å². The molecule has 3 aromatic carbocycles. The number of azide groups is 1. The van der Waals surface area contributed by atoms with Crippen LogP contribution in [0.4, 0.5) is 10.1 Å². The molecular formula is C22H20FN5O4S2. The molecule has 0 aliphatic heterocycles. The molecule has 3 rings (SSSR count). The first kappa shape index (κ1) is 25.2. The van der Waals surface area contributed by atoms with E-state index in [1.165, 1.54) is 24.3 Å². The van der Waals surface area contributed by atoms with Crippen LogP contribution < -0.4 is 0 Å². The smallest absolute Gasteiger partial charge is 0.294 e. The van der Waals surface area contributed by atoms with Crippen LogP contribution in [-0.4, -0.2) is 30.5 Å². The first-order valence-corrected chi connectivity index (χ1v) is 12.4. The monoisotopic (exact) mass is 501 g/mol. The molecule has 0 aliphatic carbocycles. The van der Waals surface area contributed by atoms with E-state index in [4.69, 9.17) is 5.53 Å². The van der Waals surface area contributed by atoms with E-state index < -0.39 is 26.5 Å². The van der Waals surface area contributed by atoms with Gasteiger partial charge in [-0.05, 0) is 47.0 Å². The molecule has 0 atom stereocenters. The van der Waals surface area contributed by atoms with Crippen molar-refractivity contribution in [1.82, 2.24) is 4.90 Å². The van der Waals surface area contributed by atoms with Crippen LogP contribution in [0.2, 0.25) is 0 Å². The van der Waals surface area contributed by atoms with Crippen molar-refractivity contribution in [3.8, 4) is 0 Å². The van der Waals surface area contributed by atoms with Crippen LogP contribution >= 0.6 is 11.8 Å². The Balaban J connectivity index is 1.77. The predicted molar refractivity (Wildman–Crippen MR) is 127 cm³/mol. The highest BCUT2D eigenvalue weighted by atomic mass is 32.2. The van der Waals surface area contributed by atoms with Gasteiger partial charge < -0.3 is 0 Å². The van der Waals surface area contributed by atoms with Gasteiger partial charge in [-0.25, -0.2) is 8.42 Å². The lowest BCUT2D eigenvalue weighted by Gasteiger charge is -2.22. The number of nitrogens with zero attached hydrogens (tertiary/aromatic N) is 5. The first-order valence-electron chi connectivity index (χ1n) is 10.0. The van der Waals surface area contributed by atoms with Crippen molar-refractivity contribution in [3.05, 3.63) is 110 Å². The van der Waals surface area contributed by atoms with E-state index in [9.17, 15) is 22.9 Å². The molecule has 34 heavy (non-hydrogen) atoms. The summed E-state index contributed by atoms with van der Waals surface area (Å²) in [5.41, 5.74) is 9.21. The van der Waals surface area contributed by atoms with Gasteiger partial charge in [0, 0.05) is 45.8 Å². The minimum Gasteiger partial charge on any atom is -0.294 e. The summed E-state index contributed by atoms with van der Waals surface area (Å²) in [6.45, 7) is 1.36. The molecule has 0 heterocycles. The fourth-order valence-electron chi connectivity index (χ4n) is 3.20. The summed E-state index contributed by atoms with van der Waals surface area (Å²) >= 11 is 1.66. The number of nitro benzene ring substituents is 1. The molecule has 0 fully saturated rings. The quantitative estimate of drug-likeness (QED) is 0.0848. The lowest BCUT2D eigenvalue weighted by molar-refractivity contribution is -0.387. The van der Waals surface area contributed by atoms with Crippen molar-refractivity contribution in [2.24, 2.45) is 4.52 Å². The Morgan fingerprint density at radius 3 is 2.32 bits per heavy atom. The second-order valence-electron chi connectivity index (χ2n) is 7.21. The zero-order valence-electron chi connectivity index (χ0n) is 17.8. The third-order valence-electron chi connectivity index (χ3n) is 4.80. The number of sulfonamides is 1. The molecule has 9 nitrogen and oxygen atoms in total. The normalized spacial score (nSPS) is 11.2. The molecule has 3 aromatic rings. The van der Waals surface area contributed by atoms with Gasteiger partial charge >= 0.3 is 5.69 Å². The molecule has 0 saturated carbocycles. The van der Waals surface area contributed by atoms with Gasteiger partial charge in [0.25, 0.3) is 10.0 Å². The number of benzene rings is 3. The van der Waals surface area contributed by atoms with E-state index in [0.29, 0.717) is 25.2 Å². The highest BCUT2D eigenvalue weighted by molar-refractivity contribution is 7.99. The Morgan fingerprint density at radius 2 is 1.68 bits per heavy atom. The van der Waals surface area contributed by atoms with E-state index >= 15 is 0 Å². The summed E-state index contributed by atoms with van der Waals surface area (Å²) in [5.74, 6) is -0.159. The van der Waals surface area contributed by atoms with E-state index in [0.717, 1.165) is 22.3 Å². The lowest BCUT2D eigenvalue weighted by atomic mass is 10.1. The van der Waals surface area contributed by atoms with E-state index in [2.05, 4.69) is 9.43 Å². The number of rotatable bonds is 11. The summed E-state index contributed by atoms with van der Waals surface area (Å²) in [6.07, 6.45) is 0. The standard InChI is InChI=1S/C22H20FN5O4S2/c23-21-11-8-18(14-22(21)28(29)30)16-27(12-13-33-19-4-2-1-3-5-19)15-17-6-9-20(10-7-17)34(31,32)26-25-24/h1-11,14H,12-13,15-16H2.